The summed E-state index contributed by atoms with van der Waals surface area (Å²) in [4.78, 5) is 38.2. The van der Waals surface area contributed by atoms with Gasteiger partial charge in [0, 0.05) is 6.92 Å². The van der Waals surface area contributed by atoms with Gasteiger partial charge in [-0.3, -0.25) is 14.4 Å². The summed E-state index contributed by atoms with van der Waals surface area (Å²) in [5.41, 5.74) is 1.12. The van der Waals surface area contributed by atoms with Gasteiger partial charge in [0.15, 0.2) is 5.78 Å². The van der Waals surface area contributed by atoms with Crippen molar-refractivity contribution >= 4 is 34.6 Å². The van der Waals surface area contributed by atoms with E-state index < -0.39 is 11.8 Å². The first-order valence-electron chi connectivity index (χ1n) is 6.12. The number of fused-ring (bicyclic) bond motifs is 1. The van der Waals surface area contributed by atoms with Crippen LogP contribution in [0.4, 0.5) is 5.69 Å². The Kier molecular flexibility index (Phi) is 2.99. The largest absolute Gasteiger partial charge is 0.292 e. The molecule has 0 aliphatic carbocycles. The third kappa shape index (κ3) is 1.78. The smallest absolute Gasteiger partial charge is 0.249 e. The highest BCUT2D eigenvalue weighted by molar-refractivity contribution is 7.12. The molecule has 4 nitrogen and oxygen atoms in total. The fourth-order valence-electron chi connectivity index (χ4n) is 2.46. The van der Waals surface area contributed by atoms with E-state index >= 15 is 0 Å². The van der Waals surface area contributed by atoms with E-state index in [0.29, 0.717) is 16.1 Å². The normalized spacial score (nSPS) is 17.1. The second-order valence-corrected chi connectivity index (χ2v) is 5.47. The lowest BCUT2D eigenvalue weighted by Gasteiger charge is -2.12. The summed E-state index contributed by atoms with van der Waals surface area (Å²) in [6, 6.07) is 10.4. The highest BCUT2D eigenvalue weighted by Crippen LogP contribution is 2.39. The molecular weight excluding hydrogens is 274 g/mol. The number of carbonyl (C=O) groups excluding carboxylic acids is 3. The molecular formula is C15H11NO3S. The Morgan fingerprint density at radius 2 is 1.90 bits per heavy atom. The summed E-state index contributed by atoms with van der Waals surface area (Å²) in [5.74, 6) is -1.99. The van der Waals surface area contributed by atoms with Crippen LogP contribution >= 0.6 is 11.3 Å². The van der Waals surface area contributed by atoms with E-state index in [0.717, 1.165) is 4.90 Å². The second kappa shape index (κ2) is 4.68. The lowest BCUT2D eigenvalue weighted by Crippen LogP contribution is -2.35. The number of nitrogens with zero attached hydrogens (tertiary/aromatic N) is 1. The van der Waals surface area contributed by atoms with Gasteiger partial charge in [-0.25, -0.2) is 4.90 Å². The minimum absolute atomic E-state index is 0.249. The minimum atomic E-state index is -0.909. The third-order valence-corrected chi connectivity index (χ3v) is 4.18. The molecule has 1 aliphatic rings. The van der Waals surface area contributed by atoms with Crippen molar-refractivity contribution < 1.29 is 14.4 Å². The summed E-state index contributed by atoms with van der Waals surface area (Å²) in [6.07, 6.45) is 0. The van der Waals surface area contributed by atoms with Gasteiger partial charge in [0.25, 0.3) is 0 Å². The Hall–Kier alpha value is -2.27. The molecule has 0 saturated carbocycles. The van der Waals surface area contributed by atoms with E-state index in [-0.39, 0.29) is 11.7 Å². The van der Waals surface area contributed by atoms with Crippen LogP contribution in [0, 0.1) is 0 Å². The number of imide groups is 1. The summed E-state index contributed by atoms with van der Waals surface area (Å²) in [5, 5.41) is 1.79. The van der Waals surface area contributed by atoms with Gasteiger partial charge in [-0.05, 0) is 23.1 Å². The number of rotatable bonds is 2. The van der Waals surface area contributed by atoms with Crippen LogP contribution in [0.5, 0.6) is 0 Å². The van der Waals surface area contributed by atoms with Crippen LogP contribution in [0.3, 0.4) is 0 Å². The van der Waals surface area contributed by atoms with E-state index in [1.165, 1.54) is 18.3 Å². The predicted molar refractivity (Wildman–Crippen MR) is 76.0 cm³/mol. The van der Waals surface area contributed by atoms with Gasteiger partial charge < -0.3 is 0 Å². The number of carbonyl (C=O) groups is 3. The molecule has 0 N–H and O–H groups in total. The molecule has 0 fully saturated rings. The number of hydrogen-bond acceptors (Lipinski definition) is 4. The highest BCUT2D eigenvalue weighted by Gasteiger charge is 2.43. The van der Waals surface area contributed by atoms with Crippen molar-refractivity contribution in [2.45, 2.75) is 12.8 Å². The number of benzene rings is 1. The molecule has 0 bridgehead atoms. The molecule has 20 heavy (non-hydrogen) atoms. The zero-order valence-corrected chi connectivity index (χ0v) is 11.5. The van der Waals surface area contributed by atoms with Crippen LogP contribution in [-0.2, 0) is 9.59 Å². The monoisotopic (exact) mass is 285 g/mol. The Morgan fingerprint density at radius 3 is 2.55 bits per heavy atom. The minimum Gasteiger partial charge on any atom is -0.292 e. The van der Waals surface area contributed by atoms with Crippen LogP contribution < -0.4 is 4.90 Å². The van der Waals surface area contributed by atoms with E-state index in [9.17, 15) is 14.4 Å². The summed E-state index contributed by atoms with van der Waals surface area (Å²) >= 11 is 1.30. The Labute approximate surface area is 119 Å². The molecule has 3 rings (SSSR count). The fraction of sp³-hybridized carbons (Fsp3) is 0.133. The van der Waals surface area contributed by atoms with E-state index in [1.807, 2.05) is 0 Å². The lowest BCUT2D eigenvalue weighted by atomic mass is 9.95. The fourth-order valence-corrected chi connectivity index (χ4v) is 3.15. The Balaban J connectivity index is 2.11. The van der Waals surface area contributed by atoms with Gasteiger partial charge in [0.2, 0.25) is 11.8 Å². The molecule has 1 aromatic heterocycles. The first kappa shape index (κ1) is 12.7. The summed E-state index contributed by atoms with van der Waals surface area (Å²) in [6.45, 7) is 1.33. The molecule has 1 aromatic carbocycles. The number of para-hydroxylation sites is 1. The molecule has 0 saturated heterocycles. The first-order valence-corrected chi connectivity index (χ1v) is 7.00. The molecule has 0 radical (unpaired) electrons. The van der Waals surface area contributed by atoms with Gasteiger partial charge in [0.1, 0.15) is 5.92 Å². The first-order chi connectivity index (χ1) is 9.61. The zero-order chi connectivity index (χ0) is 14.3. The van der Waals surface area contributed by atoms with Crippen molar-refractivity contribution in [3.05, 3.63) is 52.2 Å². The molecule has 2 aromatic rings. The maximum absolute atomic E-state index is 12.5. The third-order valence-electron chi connectivity index (χ3n) is 3.30. The van der Waals surface area contributed by atoms with Crippen molar-refractivity contribution in [1.29, 1.82) is 0 Å². The molecule has 1 unspecified atom stereocenters. The van der Waals surface area contributed by atoms with Crippen molar-refractivity contribution in [2.24, 2.45) is 0 Å². The Morgan fingerprint density at radius 1 is 1.15 bits per heavy atom. The van der Waals surface area contributed by atoms with Crippen LogP contribution in [0.25, 0.3) is 0 Å². The molecule has 2 heterocycles. The topological polar surface area (TPSA) is 54.5 Å². The Bertz CT molecular complexity index is 706. The van der Waals surface area contributed by atoms with Crippen molar-refractivity contribution in [3.63, 3.8) is 0 Å². The van der Waals surface area contributed by atoms with Crippen LogP contribution in [0.1, 0.15) is 28.1 Å². The second-order valence-electron chi connectivity index (χ2n) is 4.53. The van der Waals surface area contributed by atoms with Gasteiger partial charge in [-0.15, -0.1) is 11.3 Å². The molecule has 1 atom stereocenters. The van der Waals surface area contributed by atoms with Crippen LogP contribution in [-0.4, -0.2) is 17.6 Å². The number of amides is 2. The predicted octanol–water partition coefficient (Wildman–Crippen LogP) is 2.61. The van der Waals surface area contributed by atoms with Gasteiger partial charge in [-0.1, -0.05) is 24.3 Å². The average molecular weight is 285 g/mol. The van der Waals surface area contributed by atoms with Gasteiger partial charge >= 0.3 is 0 Å². The number of Topliss-reactive ketones (excluding diaryl/α,β-unsaturated/α-hetero) is 1. The number of thiophene rings is 1. The number of ketones is 1. The van der Waals surface area contributed by atoms with E-state index in [1.54, 1.807) is 41.8 Å². The number of anilines is 1. The van der Waals surface area contributed by atoms with Gasteiger partial charge in [-0.2, -0.15) is 0 Å². The maximum atomic E-state index is 12.5. The number of hydrogen-bond donors (Lipinski definition) is 0. The summed E-state index contributed by atoms with van der Waals surface area (Å²) < 4.78 is 0. The molecule has 0 spiro atoms. The summed E-state index contributed by atoms with van der Waals surface area (Å²) in [7, 11) is 0. The quantitative estimate of drug-likeness (QED) is 0.629. The molecule has 100 valence electrons. The van der Waals surface area contributed by atoms with Gasteiger partial charge in [0.05, 0.1) is 10.6 Å². The SMILES string of the molecule is CC(=O)N1C(=O)C(C(=O)c2cccs2)c2ccccc21. The zero-order valence-electron chi connectivity index (χ0n) is 10.7. The molecule has 1 aliphatic heterocycles. The maximum Gasteiger partial charge on any atom is 0.249 e. The van der Waals surface area contributed by atoms with Crippen molar-refractivity contribution in [3.8, 4) is 0 Å². The van der Waals surface area contributed by atoms with E-state index in [2.05, 4.69) is 0 Å². The highest BCUT2D eigenvalue weighted by atomic mass is 32.1. The van der Waals surface area contributed by atoms with E-state index in [4.69, 9.17) is 0 Å². The van der Waals surface area contributed by atoms with Crippen molar-refractivity contribution in [1.82, 2.24) is 0 Å². The van der Waals surface area contributed by atoms with Crippen molar-refractivity contribution in [2.75, 3.05) is 4.90 Å². The molecule has 5 heteroatoms. The standard InChI is InChI=1S/C15H11NO3S/c1-9(17)16-11-6-3-2-5-10(11)13(15(16)19)14(18)12-7-4-8-20-12/h2-8,13H,1H3. The average Bonchev–Trinajstić information content (AvgIpc) is 3.02. The molecule has 2 amide bonds. The van der Waals surface area contributed by atoms with Crippen LogP contribution in [0.15, 0.2) is 41.8 Å². The van der Waals surface area contributed by atoms with Crippen LogP contribution in [0.2, 0.25) is 0 Å². The lowest BCUT2D eigenvalue weighted by molar-refractivity contribution is -0.125.